The third-order valence-corrected chi connectivity index (χ3v) is 7.36. The van der Waals surface area contributed by atoms with E-state index < -0.39 is 30.1 Å². The summed E-state index contributed by atoms with van der Waals surface area (Å²) in [6.45, 7) is 6.88. The number of rotatable bonds is 5. The molecule has 7 nitrogen and oxygen atoms in total. The minimum Gasteiger partial charge on any atom is -0.480 e. The van der Waals surface area contributed by atoms with E-state index in [0.29, 0.717) is 30.2 Å². The quantitative estimate of drug-likeness (QED) is 0.471. The van der Waals surface area contributed by atoms with E-state index in [-0.39, 0.29) is 17.7 Å². The van der Waals surface area contributed by atoms with Crippen LogP contribution in [0.15, 0.2) is 60.7 Å². The first-order valence-electron chi connectivity index (χ1n) is 12.8. The van der Waals surface area contributed by atoms with Gasteiger partial charge in [0.2, 0.25) is 5.91 Å². The minimum absolute atomic E-state index is 0.244. The predicted octanol–water partition coefficient (Wildman–Crippen LogP) is 5.44. The Hall–Kier alpha value is -3.42. The summed E-state index contributed by atoms with van der Waals surface area (Å²) in [6, 6.07) is 18.4. The number of amides is 2. The van der Waals surface area contributed by atoms with Gasteiger partial charge in [-0.25, -0.2) is 4.79 Å². The number of carbonyl (C=O) groups is 3. The molecule has 8 heteroatoms. The van der Waals surface area contributed by atoms with Crippen LogP contribution in [0.1, 0.15) is 50.8 Å². The fourth-order valence-electron chi connectivity index (χ4n) is 5.28. The molecule has 1 fully saturated rings. The van der Waals surface area contributed by atoms with E-state index >= 15 is 0 Å². The summed E-state index contributed by atoms with van der Waals surface area (Å²) < 4.78 is 6.58. The Kier molecular flexibility index (Phi) is 6.92. The number of carboxylic acids is 1. The Bertz CT molecular complexity index is 1410. The molecule has 2 amide bonds. The van der Waals surface area contributed by atoms with Crippen LogP contribution in [0.5, 0.6) is 0 Å². The number of carboxylic acid groups (broad SMARTS) is 1. The van der Waals surface area contributed by atoms with E-state index in [2.05, 4.69) is 0 Å². The number of aliphatic carboxylic acids is 1. The van der Waals surface area contributed by atoms with Crippen molar-refractivity contribution in [3.8, 4) is 0 Å². The van der Waals surface area contributed by atoms with Gasteiger partial charge in [0.15, 0.2) is 0 Å². The topological polar surface area (TPSA) is 87.2 Å². The van der Waals surface area contributed by atoms with Gasteiger partial charge in [-0.05, 0) is 46.4 Å². The minimum atomic E-state index is -1.10. The molecule has 3 aromatic carbocycles. The molecule has 2 heterocycles. The molecule has 3 aromatic rings. The second-order valence-electron chi connectivity index (χ2n) is 11.2. The Morgan fingerprint density at radius 1 is 1.05 bits per heavy atom. The van der Waals surface area contributed by atoms with Crippen LogP contribution in [0.25, 0.3) is 10.8 Å². The summed E-state index contributed by atoms with van der Waals surface area (Å²) in [7, 11) is 0. The average Bonchev–Trinajstić information content (AvgIpc) is 2.92. The highest BCUT2D eigenvalue weighted by Gasteiger charge is 2.43. The molecule has 38 heavy (non-hydrogen) atoms. The van der Waals surface area contributed by atoms with Crippen molar-refractivity contribution in [3.63, 3.8) is 0 Å². The van der Waals surface area contributed by atoms with Gasteiger partial charge in [0.1, 0.15) is 18.2 Å². The number of hydrogen-bond acceptors (Lipinski definition) is 4. The third kappa shape index (κ3) is 5.00. The van der Waals surface area contributed by atoms with Crippen molar-refractivity contribution in [1.29, 1.82) is 0 Å². The van der Waals surface area contributed by atoms with E-state index in [1.165, 1.54) is 4.90 Å². The van der Waals surface area contributed by atoms with Crippen molar-refractivity contribution < 1.29 is 24.2 Å². The Morgan fingerprint density at radius 3 is 2.47 bits per heavy atom. The monoisotopic (exact) mass is 534 g/mol. The average molecular weight is 535 g/mol. The molecule has 2 aliphatic rings. The van der Waals surface area contributed by atoms with Crippen LogP contribution in [0.4, 0.5) is 5.69 Å². The van der Waals surface area contributed by atoms with Gasteiger partial charge >= 0.3 is 5.97 Å². The molecule has 5 rings (SSSR count). The molecule has 0 bridgehead atoms. The lowest BCUT2D eigenvalue weighted by atomic mass is 9.93. The van der Waals surface area contributed by atoms with Crippen LogP contribution in [0.3, 0.4) is 0 Å². The summed E-state index contributed by atoms with van der Waals surface area (Å²) in [5.41, 5.74) is 2.05. The van der Waals surface area contributed by atoms with E-state index in [9.17, 15) is 19.5 Å². The molecule has 0 radical (unpaired) electrons. The third-order valence-electron chi connectivity index (χ3n) is 7.13. The van der Waals surface area contributed by atoms with E-state index in [4.69, 9.17) is 16.3 Å². The van der Waals surface area contributed by atoms with Gasteiger partial charge in [-0.1, -0.05) is 74.8 Å². The van der Waals surface area contributed by atoms with E-state index in [0.717, 1.165) is 21.9 Å². The normalized spacial score (nSPS) is 21.6. The van der Waals surface area contributed by atoms with Crippen molar-refractivity contribution >= 4 is 45.8 Å². The van der Waals surface area contributed by atoms with Crippen molar-refractivity contribution in [3.05, 3.63) is 76.8 Å². The van der Waals surface area contributed by atoms with Gasteiger partial charge in [0, 0.05) is 29.4 Å². The lowest BCUT2D eigenvalue weighted by Gasteiger charge is -2.39. The second kappa shape index (κ2) is 10.0. The van der Waals surface area contributed by atoms with Gasteiger partial charge in [-0.15, -0.1) is 0 Å². The zero-order valence-electron chi connectivity index (χ0n) is 21.7. The van der Waals surface area contributed by atoms with E-state index in [1.54, 1.807) is 11.0 Å². The van der Waals surface area contributed by atoms with Crippen molar-refractivity contribution in [2.24, 2.45) is 5.41 Å². The fourth-order valence-corrected chi connectivity index (χ4v) is 5.46. The van der Waals surface area contributed by atoms with E-state index in [1.807, 2.05) is 75.4 Å². The second-order valence-corrected chi connectivity index (χ2v) is 11.6. The van der Waals surface area contributed by atoms with Crippen LogP contribution in [0, 0.1) is 5.41 Å². The zero-order chi connectivity index (χ0) is 27.2. The molecule has 2 aliphatic heterocycles. The fraction of sp³-hybridized carbons (Fsp3) is 0.367. The SMILES string of the molecule is CC(C)(C)CN1C(=O)[C@H](CC(=O)N2CCC2C(=O)O)O[C@@H](c2cccc3ccccc23)c2cc(Cl)ccc21. The molecule has 0 aromatic heterocycles. The summed E-state index contributed by atoms with van der Waals surface area (Å²) >= 11 is 6.48. The molecule has 0 saturated carbocycles. The number of halogens is 1. The van der Waals surface area contributed by atoms with Gasteiger partial charge in [0.05, 0.1) is 6.42 Å². The largest absolute Gasteiger partial charge is 0.480 e. The van der Waals surface area contributed by atoms with Crippen LogP contribution < -0.4 is 4.90 Å². The Balaban J connectivity index is 1.63. The lowest BCUT2D eigenvalue weighted by molar-refractivity contribution is -0.159. The molecule has 3 atom stereocenters. The number of hydrogen-bond donors (Lipinski definition) is 1. The molecule has 1 saturated heterocycles. The Morgan fingerprint density at radius 2 is 1.79 bits per heavy atom. The lowest BCUT2D eigenvalue weighted by Crippen LogP contribution is -2.56. The Labute approximate surface area is 226 Å². The van der Waals surface area contributed by atoms with Crippen molar-refractivity contribution in [2.45, 2.75) is 51.9 Å². The number of likely N-dealkylation sites (tertiary alicyclic amines) is 1. The first-order valence-corrected chi connectivity index (χ1v) is 13.2. The highest BCUT2D eigenvalue weighted by molar-refractivity contribution is 6.30. The maximum Gasteiger partial charge on any atom is 0.326 e. The summed E-state index contributed by atoms with van der Waals surface area (Å²) in [6.07, 6.45) is -1.62. The number of ether oxygens (including phenoxy) is 1. The number of nitrogens with zero attached hydrogens (tertiary/aromatic N) is 2. The number of benzene rings is 3. The van der Waals surface area contributed by atoms with Crippen molar-refractivity contribution in [2.75, 3.05) is 18.0 Å². The first-order chi connectivity index (χ1) is 18.0. The molecule has 1 unspecified atom stereocenters. The van der Waals surface area contributed by atoms with Crippen LogP contribution in [0.2, 0.25) is 5.02 Å². The molecule has 198 valence electrons. The zero-order valence-corrected chi connectivity index (χ0v) is 22.4. The van der Waals surface area contributed by atoms with Crippen LogP contribution >= 0.6 is 11.6 Å². The first kappa shape index (κ1) is 26.2. The van der Waals surface area contributed by atoms with Crippen LogP contribution in [-0.2, 0) is 19.1 Å². The number of fused-ring (bicyclic) bond motifs is 2. The maximum atomic E-state index is 14.1. The molecule has 0 aliphatic carbocycles. The van der Waals surface area contributed by atoms with Gasteiger partial charge < -0.3 is 19.6 Å². The van der Waals surface area contributed by atoms with Gasteiger partial charge in [-0.2, -0.15) is 0 Å². The van der Waals surface area contributed by atoms with Gasteiger partial charge in [0.25, 0.3) is 5.91 Å². The summed E-state index contributed by atoms with van der Waals surface area (Å²) in [5.74, 6) is -1.77. The summed E-state index contributed by atoms with van der Waals surface area (Å²) in [5, 5.41) is 12.0. The molecule has 1 N–H and O–H groups in total. The smallest absolute Gasteiger partial charge is 0.326 e. The highest BCUT2D eigenvalue weighted by atomic mass is 35.5. The molecular formula is C30H31ClN2O5. The highest BCUT2D eigenvalue weighted by Crippen LogP contribution is 2.43. The van der Waals surface area contributed by atoms with Gasteiger partial charge in [-0.3, -0.25) is 9.59 Å². The maximum absolute atomic E-state index is 14.1. The predicted molar refractivity (Wildman–Crippen MR) is 146 cm³/mol. The number of anilines is 1. The molecule has 0 spiro atoms. The molecular weight excluding hydrogens is 504 g/mol. The van der Waals surface area contributed by atoms with Crippen molar-refractivity contribution in [1.82, 2.24) is 4.90 Å². The number of carbonyl (C=O) groups excluding carboxylic acids is 2. The van der Waals surface area contributed by atoms with Crippen LogP contribution in [-0.4, -0.2) is 53.0 Å². The summed E-state index contributed by atoms with van der Waals surface area (Å²) in [4.78, 5) is 41.9. The standard InChI is InChI=1S/C30H31ClN2O5/c1-30(2,3)17-33-23-12-11-19(31)15-22(23)27(21-10-6-8-18-7-4-5-9-20(18)21)38-25(28(33)35)16-26(34)32-14-13-24(32)29(36)37/h4-12,15,24-25,27H,13-14,16-17H2,1-3H3,(H,36,37)/t24?,25-,27-/m0/s1.